The zero-order chi connectivity index (χ0) is 30.8. The number of rotatable bonds is 34. The van der Waals surface area contributed by atoms with Gasteiger partial charge in [0, 0.05) is 12.8 Å². The van der Waals surface area contributed by atoms with Crippen LogP contribution in [0.5, 0.6) is 0 Å². The third-order valence-corrected chi connectivity index (χ3v) is 8.49. The second kappa shape index (κ2) is 34.2. The molecule has 0 aromatic rings. The minimum absolute atomic E-state index is 0.00351. The summed E-state index contributed by atoms with van der Waals surface area (Å²) >= 11 is 0. The number of carboxylic acids is 1. The van der Waals surface area contributed by atoms with Crippen LogP contribution in [-0.4, -0.2) is 23.1 Å². The van der Waals surface area contributed by atoms with Gasteiger partial charge in [-0.2, -0.15) is 0 Å². The fourth-order valence-corrected chi connectivity index (χ4v) is 5.71. The third kappa shape index (κ3) is 33.2. The first-order chi connectivity index (χ1) is 20.6. The lowest BCUT2D eigenvalue weighted by atomic mass is 10.0. The first-order valence-electron chi connectivity index (χ1n) is 18.7. The molecule has 0 aliphatic heterocycles. The summed E-state index contributed by atoms with van der Waals surface area (Å²) in [6.45, 7) is 4.53. The molecule has 0 aromatic heterocycles. The van der Waals surface area contributed by atoms with Gasteiger partial charge in [0.2, 0.25) is 0 Å². The highest BCUT2D eigenvalue weighted by Gasteiger charge is 2.14. The molecule has 42 heavy (non-hydrogen) atoms. The Morgan fingerprint density at radius 3 is 1.33 bits per heavy atom. The molecule has 0 bridgehead atoms. The minimum atomic E-state index is -0.723. The van der Waals surface area contributed by atoms with Gasteiger partial charge in [0.1, 0.15) is 6.10 Å². The van der Waals surface area contributed by atoms with Gasteiger partial charge in [-0.3, -0.25) is 9.59 Å². The molecule has 0 fully saturated rings. The molecule has 4 nitrogen and oxygen atoms in total. The molecule has 1 N–H and O–H groups in total. The van der Waals surface area contributed by atoms with E-state index in [4.69, 9.17) is 9.84 Å². The Hall–Kier alpha value is -1.32. The van der Waals surface area contributed by atoms with Crippen molar-refractivity contribution < 1.29 is 19.4 Å². The van der Waals surface area contributed by atoms with Gasteiger partial charge in [-0.1, -0.05) is 148 Å². The Kier molecular flexibility index (Phi) is 33.1. The minimum Gasteiger partial charge on any atom is -0.481 e. The maximum absolute atomic E-state index is 12.6. The Labute approximate surface area is 262 Å². The molecule has 0 heterocycles. The molecule has 0 spiro atoms. The van der Waals surface area contributed by atoms with Gasteiger partial charge in [-0.05, 0) is 64.2 Å². The van der Waals surface area contributed by atoms with E-state index in [-0.39, 0.29) is 18.5 Å². The van der Waals surface area contributed by atoms with Crippen molar-refractivity contribution in [3.05, 3.63) is 12.2 Å². The zero-order valence-electron chi connectivity index (χ0n) is 28.3. The van der Waals surface area contributed by atoms with E-state index >= 15 is 0 Å². The summed E-state index contributed by atoms with van der Waals surface area (Å²) in [5.74, 6) is -0.759. The number of carboxylic acid groups (broad SMARTS) is 1. The van der Waals surface area contributed by atoms with Crippen molar-refractivity contribution in [2.24, 2.45) is 0 Å². The molecule has 1 atom stereocenters. The van der Waals surface area contributed by atoms with E-state index in [2.05, 4.69) is 26.0 Å². The van der Waals surface area contributed by atoms with Crippen molar-refractivity contribution in [2.75, 3.05) is 0 Å². The van der Waals surface area contributed by atoms with Crippen molar-refractivity contribution in [1.82, 2.24) is 0 Å². The molecule has 0 aliphatic rings. The van der Waals surface area contributed by atoms with Gasteiger partial charge in [0.05, 0.1) is 0 Å². The quantitative estimate of drug-likeness (QED) is 0.0458. The SMILES string of the molecule is CCCCCC/C=C\CCCCCCCC(=O)OC(CCCCCCCCCCCCCCC)CCCCCC(=O)O. The molecule has 4 heteroatoms. The number of allylic oxidation sites excluding steroid dienone is 2. The molecule has 0 amide bonds. The van der Waals surface area contributed by atoms with Crippen LogP contribution in [0, 0.1) is 0 Å². The van der Waals surface area contributed by atoms with E-state index in [1.165, 1.54) is 135 Å². The average Bonchev–Trinajstić information content (AvgIpc) is 2.97. The van der Waals surface area contributed by atoms with Crippen LogP contribution in [0.15, 0.2) is 12.2 Å². The van der Waals surface area contributed by atoms with Crippen LogP contribution >= 0.6 is 0 Å². The molecule has 0 radical (unpaired) electrons. The summed E-state index contributed by atoms with van der Waals surface area (Å²) in [6.07, 6.45) is 40.7. The van der Waals surface area contributed by atoms with Gasteiger partial charge in [-0.15, -0.1) is 0 Å². The lowest BCUT2D eigenvalue weighted by Gasteiger charge is -2.18. The molecule has 1 unspecified atom stereocenters. The summed E-state index contributed by atoms with van der Waals surface area (Å²) in [4.78, 5) is 23.3. The van der Waals surface area contributed by atoms with Crippen molar-refractivity contribution in [3.63, 3.8) is 0 Å². The zero-order valence-corrected chi connectivity index (χ0v) is 28.3. The first-order valence-corrected chi connectivity index (χ1v) is 18.7. The third-order valence-electron chi connectivity index (χ3n) is 8.49. The second-order valence-corrected chi connectivity index (χ2v) is 12.8. The molecule has 0 aromatic carbocycles. The van der Waals surface area contributed by atoms with Crippen molar-refractivity contribution in [3.8, 4) is 0 Å². The highest BCUT2D eigenvalue weighted by Crippen LogP contribution is 2.19. The number of aliphatic carboxylic acids is 1. The molecule has 0 saturated carbocycles. The highest BCUT2D eigenvalue weighted by molar-refractivity contribution is 5.69. The predicted molar refractivity (Wildman–Crippen MR) is 181 cm³/mol. The van der Waals surface area contributed by atoms with Gasteiger partial charge in [0.15, 0.2) is 0 Å². The molecular formula is C38H72O4. The van der Waals surface area contributed by atoms with E-state index in [0.717, 1.165) is 44.9 Å². The number of hydrogen-bond donors (Lipinski definition) is 1. The van der Waals surface area contributed by atoms with Crippen LogP contribution in [0.1, 0.15) is 213 Å². The summed E-state index contributed by atoms with van der Waals surface area (Å²) in [6, 6.07) is 0. The van der Waals surface area contributed by atoms with E-state index in [9.17, 15) is 9.59 Å². The molecule has 0 rings (SSSR count). The number of hydrogen-bond acceptors (Lipinski definition) is 3. The van der Waals surface area contributed by atoms with Gasteiger partial charge < -0.3 is 9.84 Å². The Morgan fingerprint density at radius 1 is 0.500 bits per heavy atom. The van der Waals surface area contributed by atoms with E-state index < -0.39 is 5.97 Å². The Bertz CT molecular complexity index is 600. The lowest BCUT2D eigenvalue weighted by Crippen LogP contribution is -2.18. The predicted octanol–water partition coefficient (Wildman–Crippen LogP) is 12.7. The molecular weight excluding hydrogens is 520 g/mol. The number of carbonyl (C=O) groups excluding carboxylic acids is 1. The van der Waals surface area contributed by atoms with E-state index in [0.29, 0.717) is 12.8 Å². The number of carbonyl (C=O) groups is 2. The lowest BCUT2D eigenvalue weighted by molar-refractivity contribution is -0.150. The monoisotopic (exact) mass is 593 g/mol. The highest BCUT2D eigenvalue weighted by atomic mass is 16.5. The maximum atomic E-state index is 12.6. The van der Waals surface area contributed by atoms with Crippen LogP contribution < -0.4 is 0 Å². The summed E-state index contributed by atoms with van der Waals surface area (Å²) < 4.78 is 5.93. The second-order valence-electron chi connectivity index (χ2n) is 12.8. The fourth-order valence-electron chi connectivity index (χ4n) is 5.71. The van der Waals surface area contributed by atoms with Gasteiger partial charge in [0.25, 0.3) is 0 Å². The summed E-state index contributed by atoms with van der Waals surface area (Å²) in [5, 5.41) is 8.87. The molecule has 0 saturated heterocycles. The van der Waals surface area contributed by atoms with E-state index in [1.807, 2.05) is 0 Å². The van der Waals surface area contributed by atoms with Crippen molar-refractivity contribution in [1.29, 1.82) is 0 Å². The van der Waals surface area contributed by atoms with E-state index in [1.54, 1.807) is 0 Å². The number of unbranched alkanes of at least 4 members (excludes halogenated alkanes) is 23. The average molecular weight is 593 g/mol. The van der Waals surface area contributed by atoms with Gasteiger partial charge in [-0.25, -0.2) is 0 Å². The smallest absolute Gasteiger partial charge is 0.306 e. The van der Waals surface area contributed by atoms with Crippen molar-refractivity contribution >= 4 is 11.9 Å². The largest absolute Gasteiger partial charge is 0.481 e. The first kappa shape index (κ1) is 40.7. The standard InChI is InChI=1S/C38H72O4/c1-3-5-7-9-11-13-15-17-19-21-23-25-28-32-36(33-29-27-30-34-37(39)40)42-38(41)35-31-26-24-22-20-18-16-14-12-10-8-6-4-2/h14,16,36H,3-13,15,17-35H2,1-2H3,(H,39,40)/b16-14-. The van der Waals surface area contributed by atoms with Crippen molar-refractivity contribution in [2.45, 2.75) is 219 Å². The number of esters is 1. The Balaban J connectivity index is 3.96. The summed E-state index contributed by atoms with van der Waals surface area (Å²) in [5.41, 5.74) is 0. The van der Waals surface area contributed by atoms with Crippen LogP contribution in [-0.2, 0) is 14.3 Å². The summed E-state index contributed by atoms with van der Waals surface area (Å²) in [7, 11) is 0. The molecule has 248 valence electrons. The van der Waals surface area contributed by atoms with Gasteiger partial charge >= 0.3 is 11.9 Å². The number of ether oxygens (including phenoxy) is 1. The normalized spacial score (nSPS) is 12.2. The van der Waals surface area contributed by atoms with Crippen LogP contribution in [0.3, 0.4) is 0 Å². The fraction of sp³-hybridized carbons (Fsp3) is 0.895. The topological polar surface area (TPSA) is 63.6 Å². The Morgan fingerprint density at radius 2 is 0.857 bits per heavy atom. The van der Waals surface area contributed by atoms with Crippen LogP contribution in [0.2, 0.25) is 0 Å². The maximum Gasteiger partial charge on any atom is 0.306 e. The van der Waals surface area contributed by atoms with Crippen LogP contribution in [0.25, 0.3) is 0 Å². The molecule has 0 aliphatic carbocycles. The van der Waals surface area contributed by atoms with Crippen LogP contribution in [0.4, 0.5) is 0 Å².